The van der Waals surface area contributed by atoms with E-state index in [1.54, 1.807) is 17.5 Å². The van der Waals surface area contributed by atoms with Gasteiger partial charge < -0.3 is 11.1 Å². The minimum Gasteiger partial charge on any atom is -0.370 e. The fourth-order valence-electron chi connectivity index (χ4n) is 1.48. The lowest BCUT2D eigenvalue weighted by Gasteiger charge is -2.03. The van der Waals surface area contributed by atoms with Gasteiger partial charge in [-0.1, -0.05) is 19.9 Å². The number of guanidine groups is 1. The van der Waals surface area contributed by atoms with E-state index in [9.17, 15) is 0 Å². The topological polar surface area (TPSA) is 89.1 Å². The Balaban J connectivity index is 1.83. The molecule has 6 nitrogen and oxygen atoms in total. The van der Waals surface area contributed by atoms with Crippen molar-refractivity contribution in [3.05, 3.63) is 34.4 Å². The lowest BCUT2D eigenvalue weighted by molar-refractivity contribution is 0.814. The summed E-state index contributed by atoms with van der Waals surface area (Å²) >= 11 is 1.63. The molecule has 0 aliphatic heterocycles. The van der Waals surface area contributed by atoms with E-state index in [2.05, 4.69) is 39.3 Å². The van der Waals surface area contributed by atoms with E-state index in [0.717, 1.165) is 16.4 Å². The van der Waals surface area contributed by atoms with Crippen LogP contribution in [0.1, 0.15) is 29.8 Å². The van der Waals surface area contributed by atoms with Gasteiger partial charge in [0.05, 0.1) is 0 Å². The van der Waals surface area contributed by atoms with Crippen LogP contribution in [0.4, 0.5) is 5.82 Å². The van der Waals surface area contributed by atoms with Crippen molar-refractivity contribution in [2.24, 2.45) is 10.7 Å². The van der Waals surface area contributed by atoms with Gasteiger partial charge >= 0.3 is 0 Å². The molecule has 0 amide bonds. The number of nitrogens with one attached hydrogen (secondary N) is 1. The highest BCUT2D eigenvalue weighted by atomic mass is 32.1. The first-order valence-electron chi connectivity index (χ1n) is 6.45. The summed E-state index contributed by atoms with van der Waals surface area (Å²) < 4.78 is 0. The number of hydrogen-bond acceptors (Lipinski definition) is 5. The van der Waals surface area contributed by atoms with Gasteiger partial charge in [0.2, 0.25) is 0 Å². The molecule has 20 heavy (non-hydrogen) atoms. The zero-order chi connectivity index (χ0) is 14.4. The van der Waals surface area contributed by atoms with E-state index in [0.29, 0.717) is 24.2 Å². The number of nitrogens with two attached hydrogens (primary N) is 1. The van der Waals surface area contributed by atoms with Crippen LogP contribution in [0.5, 0.6) is 0 Å². The first-order chi connectivity index (χ1) is 9.65. The molecule has 2 aromatic heterocycles. The molecule has 2 aromatic rings. The van der Waals surface area contributed by atoms with Crippen molar-refractivity contribution in [3.8, 4) is 0 Å². The molecular weight excluding hydrogens is 272 g/mol. The van der Waals surface area contributed by atoms with Gasteiger partial charge in [-0.2, -0.15) is 0 Å². The number of nitrogens with zero attached hydrogens (tertiary/aromatic N) is 4. The van der Waals surface area contributed by atoms with Crippen LogP contribution in [0.2, 0.25) is 0 Å². The summed E-state index contributed by atoms with van der Waals surface area (Å²) in [5.41, 5.74) is 5.79. The third-order valence-corrected chi connectivity index (χ3v) is 3.79. The molecule has 7 heteroatoms. The minimum atomic E-state index is 0.359. The molecule has 0 saturated carbocycles. The fraction of sp³-hybridized carbons (Fsp3) is 0.385. The third kappa shape index (κ3) is 4.27. The normalized spacial score (nSPS) is 11.8. The summed E-state index contributed by atoms with van der Waals surface area (Å²) in [7, 11) is 0. The lowest BCUT2D eigenvalue weighted by Crippen LogP contribution is -2.23. The highest BCUT2D eigenvalue weighted by Crippen LogP contribution is 2.19. The highest BCUT2D eigenvalue weighted by Gasteiger charge is 2.07. The Morgan fingerprint density at radius 1 is 1.40 bits per heavy atom. The molecule has 0 aliphatic rings. The van der Waals surface area contributed by atoms with Crippen LogP contribution in [0, 0.1) is 0 Å². The van der Waals surface area contributed by atoms with Gasteiger partial charge in [-0.15, -0.1) is 21.5 Å². The summed E-state index contributed by atoms with van der Waals surface area (Å²) in [4.78, 5) is 8.37. The zero-order valence-corrected chi connectivity index (χ0v) is 12.4. The lowest BCUT2D eigenvalue weighted by atomic mass is 10.2. The maximum Gasteiger partial charge on any atom is 0.194 e. The van der Waals surface area contributed by atoms with Crippen molar-refractivity contribution >= 4 is 23.1 Å². The van der Waals surface area contributed by atoms with E-state index < -0.39 is 0 Å². The molecular formula is C13H18N6S. The van der Waals surface area contributed by atoms with Gasteiger partial charge in [-0.05, 0) is 12.1 Å². The Labute approximate surface area is 122 Å². The van der Waals surface area contributed by atoms with Crippen LogP contribution in [-0.2, 0) is 6.42 Å². The summed E-state index contributed by atoms with van der Waals surface area (Å²) in [6.07, 6.45) is 2.44. The maximum absolute atomic E-state index is 5.79. The van der Waals surface area contributed by atoms with Crippen LogP contribution in [-0.4, -0.2) is 27.7 Å². The van der Waals surface area contributed by atoms with Crippen LogP contribution in [0.15, 0.2) is 29.4 Å². The van der Waals surface area contributed by atoms with Crippen molar-refractivity contribution in [3.63, 3.8) is 0 Å². The molecule has 3 N–H and O–H groups in total. The molecule has 0 bridgehead atoms. The van der Waals surface area contributed by atoms with E-state index in [-0.39, 0.29) is 0 Å². The molecule has 2 heterocycles. The molecule has 0 aliphatic carbocycles. The van der Waals surface area contributed by atoms with Gasteiger partial charge in [0, 0.05) is 25.1 Å². The number of aromatic nitrogens is 3. The van der Waals surface area contributed by atoms with Crippen molar-refractivity contribution in [1.82, 2.24) is 15.2 Å². The van der Waals surface area contributed by atoms with E-state index >= 15 is 0 Å². The van der Waals surface area contributed by atoms with E-state index in [1.165, 1.54) is 0 Å². The predicted molar refractivity (Wildman–Crippen MR) is 82.1 cm³/mol. The second-order valence-corrected chi connectivity index (χ2v) is 5.64. The number of pyridine rings is 1. The van der Waals surface area contributed by atoms with Crippen molar-refractivity contribution in [2.45, 2.75) is 26.2 Å². The van der Waals surface area contributed by atoms with Crippen molar-refractivity contribution < 1.29 is 0 Å². The standard InChI is InChI=1S/C13H18N6S/c1-9(2)12-19-18-11(20-12)6-8-16-13(14)17-10-5-3-4-7-15-10/h3-5,7,9H,6,8H2,1-2H3,(H3,14,15,16,17). The predicted octanol–water partition coefficient (Wildman–Crippen LogP) is 2.03. The number of rotatable bonds is 5. The Kier molecular flexibility index (Phi) is 5.00. The van der Waals surface area contributed by atoms with Crippen LogP contribution in [0.25, 0.3) is 0 Å². The summed E-state index contributed by atoms with van der Waals surface area (Å²) in [6, 6.07) is 5.57. The second-order valence-electron chi connectivity index (χ2n) is 4.55. The quantitative estimate of drug-likeness (QED) is 0.649. The zero-order valence-electron chi connectivity index (χ0n) is 11.6. The average Bonchev–Trinajstić information content (AvgIpc) is 2.89. The Morgan fingerprint density at radius 2 is 2.25 bits per heavy atom. The number of anilines is 1. The summed E-state index contributed by atoms with van der Waals surface area (Å²) in [5, 5.41) is 13.3. The first kappa shape index (κ1) is 14.4. The minimum absolute atomic E-state index is 0.359. The second kappa shape index (κ2) is 6.95. The Morgan fingerprint density at radius 3 is 2.90 bits per heavy atom. The number of hydrogen-bond donors (Lipinski definition) is 2. The number of aliphatic imine (C=N–C) groups is 1. The van der Waals surface area contributed by atoms with E-state index in [1.807, 2.05) is 18.2 Å². The first-order valence-corrected chi connectivity index (χ1v) is 7.27. The largest absolute Gasteiger partial charge is 0.370 e. The molecule has 0 aromatic carbocycles. The SMILES string of the molecule is CC(C)c1nnc(CCN=C(N)Nc2ccccn2)s1. The molecule has 106 valence electrons. The van der Waals surface area contributed by atoms with Crippen LogP contribution >= 0.6 is 11.3 Å². The molecule has 0 unspecified atom stereocenters. The molecule has 0 saturated heterocycles. The van der Waals surface area contributed by atoms with Gasteiger partial charge in [0.1, 0.15) is 15.8 Å². The molecule has 0 radical (unpaired) electrons. The summed E-state index contributed by atoms with van der Waals surface area (Å²) in [6.45, 7) is 4.80. The molecule has 0 atom stereocenters. The maximum atomic E-state index is 5.79. The van der Waals surface area contributed by atoms with E-state index in [4.69, 9.17) is 5.73 Å². The Hall–Kier alpha value is -2.02. The van der Waals surface area contributed by atoms with Crippen molar-refractivity contribution in [1.29, 1.82) is 0 Å². The van der Waals surface area contributed by atoms with Gasteiger partial charge in [-0.3, -0.25) is 4.99 Å². The highest BCUT2D eigenvalue weighted by molar-refractivity contribution is 7.11. The van der Waals surface area contributed by atoms with Crippen LogP contribution < -0.4 is 11.1 Å². The molecule has 2 rings (SSSR count). The molecule has 0 fully saturated rings. The summed E-state index contributed by atoms with van der Waals surface area (Å²) in [5.74, 6) is 1.46. The van der Waals surface area contributed by atoms with Gasteiger partial charge in [-0.25, -0.2) is 4.98 Å². The van der Waals surface area contributed by atoms with Crippen molar-refractivity contribution in [2.75, 3.05) is 11.9 Å². The monoisotopic (exact) mass is 290 g/mol. The van der Waals surface area contributed by atoms with Crippen LogP contribution in [0.3, 0.4) is 0 Å². The fourth-order valence-corrected chi connectivity index (χ4v) is 2.31. The third-order valence-electron chi connectivity index (χ3n) is 2.51. The van der Waals surface area contributed by atoms with Gasteiger partial charge in [0.25, 0.3) is 0 Å². The Bertz CT molecular complexity index is 563. The molecule has 0 spiro atoms. The van der Waals surface area contributed by atoms with Gasteiger partial charge in [0.15, 0.2) is 5.96 Å². The average molecular weight is 290 g/mol. The smallest absolute Gasteiger partial charge is 0.194 e.